The monoisotopic (exact) mass is 301 g/mol. The maximum absolute atomic E-state index is 13.6. The molecule has 0 heterocycles. The van der Waals surface area contributed by atoms with Gasteiger partial charge in [0.1, 0.15) is 18.4 Å². The molecule has 2 aromatic rings. The Morgan fingerprint density at radius 2 is 1.86 bits per heavy atom. The second-order valence-electron chi connectivity index (χ2n) is 5.81. The third kappa shape index (κ3) is 4.15. The molecule has 1 atom stereocenters. The minimum Gasteiger partial charge on any atom is -0.340 e. The number of aryl methyl sites for hydroxylation is 1. The zero-order valence-corrected chi connectivity index (χ0v) is 13.2. The zero-order chi connectivity index (χ0) is 16.1. The second-order valence-corrected chi connectivity index (χ2v) is 5.81. The van der Waals surface area contributed by atoms with E-state index in [-0.39, 0.29) is 17.8 Å². The molecular weight excluding hydrogens is 279 g/mol. The topological polar surface area (TPSA) is 33.5 Å². The number of hydrogen-bond donors (Lipinski definition) is 2. The van der Waals surface area contributed by atoms with Gasteiger partial charge in [-0.1, -0.05) is 36.4 Å². The lowest BCUT2D eigenvalue weighted by Gasteiger charge is -2.21. The summed E-state index contributed by atoms with van der Waals surface area (Å²) in [6.45, 7) is 2.43. The van der Waals surface area contributed by atoms with Gasteiger partial charge in [-0.25, -0.2) is 4.39 Å². The minimum absolute atomic E-state index is 0.108. The first kappa shape index (κ1) is 16.2. The normalized spacial score (nSPS) is 12.2. The minimum atomic E-state index is -0.359. The fraction of sp³-hybridized carbons (Fsp3) is 0.278. The molecule has 0 aliphatic heterocycles. The Balaban J connectivity index is 2.19. The van der Waals surface area contributed by atoms with E-state index in [1.54, 1.807) is 19.1 Å². The average molecular weight is 301 g/mol. The van der Waals surface area contributed by atoms with E-state index < -0.39 is 0 Å². The van der Waals surface area contributed by atoms with Crippen LogP contribution in [0.4, 0.5) is 4.39 Å². The molecule has 3 nitrogen and oxygen atoms in total. The highest BCUT2D eigenvalue weighted by molar-refractivity contribution is 5.94. The molecule has 0 spiro atoms. The molecule has 116 valence electrons. The fourth-order valence-electron chi connectivity index (χ4n) is 2.32. The van der Waals surface area contributed by atoms with Gasteiger partial charge in [0.05, 0.1) is 14.1 Å². The predicted molar refractivity (Wildman–Crippen MR) is 85.5 cm³/mol. The van der Waals surface area contributed by atoms with E-state index >= 15 is 0 Å². The zero-order valence-electron chi connectivity index (χ0n) is 13.2. The van der Waals surface area contributed by atoms with Crippen LogP contribution >= 0.6 is 0 Å². The standard InChI is InChI=1S/C18H21FN2O/c1-13-9-10-15(11-16(13)19)18(22)20-17(12-21(2)3)14-7-5-4-6-8-14/h4-11,17H,12H2,1-3H3,(H,20,22)/p+1/t17-/m0/s1. The van der Waals surface area contributed by atoms with Gasteiger partial charge >= 0.3 is 0 Å². The Kier molecular flexibility index (Phi) is 5.28. The van der Waals surface area contributed by atoms with Gasteiger partial charge in [0.25, 0.3) is 5.91 Å². The first-order valence-corrected chi connectivity index (χ1v) is 7.38. The lowest BCUT2D eigenvalue weighted by atomic mass is 10.1. The van der Waals surface area contributed by atoms with Crippen molar-refractivity contribution in [2.45, 2.75) is 13.0 Å². The van der Waals surface area contributed by atoms with Crippen molar-refractivity contribution in [2.75, 3.05) is 20.6 Å². The van der Waals surface area contributed by atoms with E-state index in [1.165, 1.54) is 11.0 Å². The third-order valence-corrected chi connectivity index (χ3v) is 3.55. The molecule has 0 aliphatic carbocycles. The molecule has 0 aromatic heterocycles. The SMILES string of the molecule is Cc1ccc(C(=O)N[C@@H](C[NH+](C)C)c2ccccc2)cc1F. The molecule has 1 amide bonds. The summed E-state index contributed by atoms with van der Waals surface area (Å²) in [4.78, 5) is 13.6. The van der Waals surface area contributed by atoms with Crippen molar-refractivity contribution >= 4 is 5.91 Å². The van der Waals surface area contributed by atoms with E-state index in [1.807, 2.05) is 44.4 Å². The number of carbonyl (C=O) groups is 1. The molecule has 2 rings (SSSR count). The third-order valence-electron chi connectivity index (χ3n) is 3.55. The molecule has 2 aromatic carbocycles. The highest BCUT2D eigenvalue weighted by atomic mass is 19.1. The van der Waals surface area contributed by atoms with E-state index in [2.05, 4.69) is 5.32 Å². The van der Waals surface area contributed by atoms with Crippen molar-refractivity contribution in [1.29, 1.82) is 0 Å². The molecule has 0 bridgehead atoms. The van der Waals surface area contributed by atoms with Gasteiger partial charge in [-0.05, 0) is 30.2 Å². The van der Waals surface area contributed by atoms with Crippen molar-refractivity contribution in [2.24, 2.45) is 0 Å². The van der Waals surface area contributed by atoms with Crippen LogP contribution in [0.1, 0.15) is 27.5 Å². The van der Waals surface area contributed by atoms with Crippen LogP contribution in [0.25, 0.3) is 0 Å². The number of likely N-dealkylation sites (N-methyl/N-ethyl adjacent to an activating group) is 1. The summed E-state index contributed by atoms with van der Waals surface area (Å²) >= 11 is 0. The highest BCUT2D eigenvalue weighted by Crippen LogP contribution is 2.14. The average Bonchev–Trinajstić information content (AvgIpc) is 2.49. The summed E-state index contributed by atoms with van der Waals surface area (Å²) in [6.07, 6.45) is 0. The summed E-state index contributed by atoms with van der Waals surface area (Å²) in [5, 5.41) is 3.00. The molecule has 22 heavy (non-hydrogen) atoms. The van der Waals surface area contributed by atoms with E-state index in [9.17, 15) is 9.18 Å². The molecule has 0 fully saturated rings. The number of quaternary nitrogens is 1. The molecule has 0 radical (unpaired) electrons. The van der Waals surface area contributed by atoms with Crippen molar-refractivity contribution < 1.29 is 14.1 Å². The highest BCUT2D eigenvalue weighted by Gasteiger charge is 2.18. The maximum atomic E-state index is 13.6. The van der Waals surface area contributed by atoms with Gasteiger partial charge in [0.15, 0.2) is 0 Å². The molecule has 0 aliphatic rings. The van der Waals surface area contributed by atoms with Crippen LogP contribution in [0.5, 0.6) is 0 Å². The largest absolute Gasteiger partial charge is 0.340 e. The molecule has 4 heteroatoms. The van der Waals surface area contributed by atoms with E-state index in [0.717, 1.165) is 12.1 Å². The Morgan fingerprint density at radius 3 is 2.45 bits per heavy atom. The Labute approximate surface area is 130 Å². The quantitative estimate of drug-likeness (QED) is 0.867. The van der Waals surface area contributed by atoms with Crippen LogP contribution in [0.2, 0.25) is 0 Å². The van der Waals surface area contributed by atoms with Crippen molar-refractivity contribution in [3.63, 3.8) is 0 Å². The number of nitrogens with one attached hydrogen (secondary N) is 2. The molecule has 0 saturated carbocycles. The maximum Gasteiger partial charge on any atom is 0.252 e. The summed E-state index contributed by atoms with van der Waals surface area (Å²) in [7, 11) is 4.07. The Morgan fingerprint density at radius 1 is 1.18 bits per heavy atom. The van der Waals surface area contributed by atoms with Gasteiger partial charge in [-0.2, -0.15) is 0 Å². The first-order valence-electron chi connectivity index (χ1n) is 7.38. The number of hydrogen-bond acceptors (Lipinski definition) is 1. The summed E-state index contributed by atoms with van der Waals surface area (Å²) in [6, 6.07) is 14.3. The molecule has 2 N–H and O–H groups in total. The predicted octanol–water partition coefficient (Wildman–Crippen LogP) is 1.75. The molecular formula is C18H22FN2O+. The number of rotatable bonds is 5. The smallest absolute Gasteiger partial charge is 0.252 e. The van der Waals surface area contributed by atoms with Crippen LogP contribution in [-0.2, 0) is 0 Å². The Bertz CT molecular complexity index is 641. The number of benzene rings is 2. The van der Waals surface area contributed by atoms with Gasteiger partial charge in [-0.3, -0.25) is 4.79 Å². The lowest BCUT2D eigenvalue weighted by molar-refractivity contribution is -0.860. The van der Waals surface area contributed by atoms with Crippen LogP contribution in [0.15, 0.2) is 48.5 Å². The van der Waals surface area contributed by atoms with Crippen molar-refractivity contribution in [3.05, 3.63) is 71.0 Å². The summed E-state index contributed by atoms with van der Waals surface area (Å²) in [5.74, 6) is -0.615. The Hall–Kier alpha value is -2.20. The van der Waals surface area contributed by atoms with Crippen LogP contribution in [-0.4, -0.2) is 26.5 Å². The van der Waals surface area contributed by atoms with Gasteiger partial charge in [0, 0.05) is 5.56 Å². The second kappa shape index (κ2) is 7.18. The van der Waals surface area contributed by atoms with Crippen molar-refractivity contribution in [3.8, 4) is 0 Å². The van der Waals surface area contributed by atoms with Crippen molar-refractivity contribution in [1.82, 2.24) is 5.32 Å². The van der Waals surface area contributed by atoms with Gasteiger partial charge in [-0.15, -0.1) is 0 Å². The van der Waals surface area contributed by atoms with E-state index in [0.29, 0.717) is 11.1 Å². The molecule has 0 saturated heterocycles. The lowest BCUT2D eigenvalue weighted by Crippen LogP contribution is -3.06. The summed E-state index contributed by atoms with van der Waals surface area (Å²) in [5.41, 5.74) is 1.93. The first-order chi connectivity index (χ1) is 10.5. The van der Waals surface area contributed by atoms with Crippen LogP contribution in [0, 0.1) is 12.7 Å². The van der Waals surface area contributed by atoms with E-state index in [4.69, 9.17) is 0 Å². The number of carbonyl (C=O) groups excluding carboxylic acids is 1. The fourth-order valence-corrected chi connectivity index (χ4v) is 2.32. The number of amides is 1. The number of halogens is 1. The van der Waals surface area contributed by atoms with Crippen LogP contribution < -0.4 is 10.2 Å². The van der Waals surface area contributed by atoms with Gasteiger partial charge in [0.2, 0.25) is 0 Å². The summed E-state index contributed by atoms with van der Waals surface area (Å²) < 4.78 is 13.6. The van der Waals surface area contributed by atoms with Gasteiger partial charge < -0.3 is 10.2 Å². The molecule has 0 unspecified atom stereocenters. The van der Waals surface area contributed by atoms with Crippen LogP contribution in [0.3, 0.4) is 0 Å².